The van der Waals surface area contributed by atoms with Crippen molar-refractivity contribution in [1.29, 1.82) is 0 Å². The Morgan fingerprint density at radius 3 is 2.73 bits per heavy atom. The van der Waals surface area contributed by atoms with Crippen molar-refractivity contribution in [3.05, 3.63) is 45.3 Å². The highest BCUT2D eigenvalue weighted by molar-refractivity contribution is 7.21. The minimum Gasteiger partial charge on any atom is -0.397 e. The number of pyridine rings is 1. The Bertz CT molecular complexity index is 1090. The maximum absolute atomic E-state index is 12.7. The molecule has 1 fully saturated rings. The van der Waals surface area contributed by atoms with Crippen LogP contribution in [0.5, 0.6) is 0 Å². The fourth-order valence-electron chi connectivity index (χ4n) is 4.00. The zero-order valence-electron chi connectivity index (χ0n) is 17.0. The first kappa shape index (κ1) is 20.8. The predicted octanol–water partition coefficient (Wildman–Crippen LogP) is 4.39. The molecule has 0 aliphatic carbocycles. The molecule has 0 atom stereocenters. The normalized spacial score (nSPS) is 14.3. The monoisotopic (exact) mass is 443 g/mol. The number of thiophene rings is 1. The summed E-state index contributed by atoms with van der Waals surface area (Å²) in [6, 6.07) is 7.95. The molecule has 8 heteroatoms. The van der Waals surface area contributed by atoms with Crippen LogP contribution in [0.3, 0.4) is 0 Å². The Morgan fingerprint density at radius 2 is 2.00 bits per heavy atom. The summed E-state index contributed by atoms with van der Waals surface area (Å²) in [6.45, 7) is 4.54. The van der Waals surface area contributed by atoms with E-state index in [1.165, 1.54) is 30.6 Å². The van der Waals surface area contributed by atoms with Gasteiger partial charge in [0, 0.05) is 25.0 Å². The van der Waals surface area contributed by atoms with E-state index in [4.69, 9.17) is 23.1 Å². The van der Waals surface area contributed by atoms with Gasteiger partial charge in [0.15, 0.2) is 0 Å². The Morgan fingerprint density at radius 1 is 1.23 bits per heavy atom. The molecule has 0 bridgehead atoms. The fraction of sp³-hybridized carbons (Fsp3) is 0.364. The van der Waals surface area contributed by atoms with E-state index in [1.54, 1.807) is 6.07 Å². The van der Waals surface area contributed by atoms with Gasteiger partial charge in [-0.25, -0.2) is 4.98 Å². The lowest BCUT2D eigenvalue weighted by atomic mass is 10.1. The second-order valence-electron chi connectivity index (χ2n) is 7.73. The second-order valence-corrected chi connectivity index (χ2v) is 9.13. The van der Waals surface area contributed by atoms with Gasteiger partial charge in [-0.05, 0) is 61.9 Å². The molecule has 0 saturated carbocycles. The molecular weight excluding hydrogens is 418 g/mol. The van der Waals surface area contributed by atoms with Crippen molar-refractivity contribution in [2.75, 3.05) is 36.0 Å². The fourth-order valence-corrected chi connectivity index (χ4v) is 5.42. The number of rotatable bonds is 5. The molecule has 1 aliphatic rings. The molecule has 158 valence electrons. The third-order valence-electron chi connectivity index (χ3n) is 5.53. The number of halogens is 1. The van der Waals surface area contributed by atoms with Crippen LogP contribution in [0.2, 0.25) is 5.02 Å². The molecule has 6 nitrogen and oxygen atoms in total. The number of fused-ring (bicyclic) bond motifs is 1. The minimum absolute atomic E-state index is 0.190. The predicted molar refractivity (Wildman–Crippen MR) is 127 cm³/mol. The maximum Gasteiger partial charge on any atom is 0.263 e. The quantitative estimate of drug-likeness (QED) is 0.543. The molecule has 0 radical (unpaired) electrons. The van der Waals surface area contributed by atoms with E-state index < -0.39 is 0 Å². The Balaban J connectivity index is 1.40. The van der Waals surface area contributed by atoms with E-state index in [0.717, 1.165) is 40.3 Å². The molecule has 1 amide bonds. The van der Waals surface area contributed by atoms with Crippen LogP contribution in [-0.2, 0) is 6.42 Å². The number of anilines is 3. The average Bonchev–Trinajstić information content (AvgIpc) is 3.05. The number of nitrogen functional groups attached to an aromatic ring is 2. The molecule has 3 aromatic rings. The molecule has 3 heterocycles. The third kappa shape index (κ3) is 4.18. The number of nitrogens with zero attached hydrogens (tertiary/aromatic N) is 2. The van der Waals surface area contributed by atoms with Gasteiger partial charge in [-0.3, -0.25) is 4.79 Å². The van der Waals surface area contributed by atoms with Gasteiger partial charge in [-0.15, -0.1) is 11.3 Å². The van der Waals surface area contributed by atoms with E-state index in [0.29, 0.717) is 34.2 Å². The minimum atomic E-state index is -0.190. The van der Waals surface area contributed by atoms with Gasteiger partial charge in [0.25, 0.3) is 5.91 Å². The lowest BCUT2D eigenvalue weighted by Gasteiger charge is -2.29. The van der Waals surface area contributed by atoms with Crippen LogP contribution in [0.4, 0.5) is 17.2 Å². The van der Waals surface area contributed by atoms with Crippen LogP contribution in [0.1, 0.15) is 40.1 Å². The topological polar surface area (TPSA) is 97.3 Å². The SMILES string of the molecule is Cc1cc(N)nc2sc(C(=O)NCCc3ccc(N4CCCCC4)c(Cl)c3)c(N)c12. The summed E-state index contributed by atoms with van der Waals surface area (Å²) in [5.41, 5.74) is 15.6. The van der Waals surface area contributed by atoms with Crippen molar-refractivity contribution < 1.29 is 4.79 Å². The van der Waals surface area contributed by atoms with Crippen molar-refractivity contribution in [2.24, 2.45) is 0 Å². The van der Waals surface area contributed by atoms with Crippen LogP contribution < -0.4 is 21.7 Å². The average molecular weight is 444 g/mol. The van der Waals surface area contributed by atoms with Crippen LogP contribution in [0, 0.1) is 6.92 Å². The first-order valence-electron chi connectivity index (χ1n) is 10.2. The summed E-state index contributed by atoms with van der Waals surface area (Å²) in [5, 5.41) is 4.54. The van der Waals surface area contributed by atoms with E-state index >= 15 is 0 Å². The second kappa shape index (κ2) is 8.70. The Labute approximate surface area is 185 Å². The summed E-state index contributed by atoms with van der Waals surface area (Å²) in [7, 11) is 0. The number of piperidine rings is 1. The van der Waals surface area contributed by atoms with Gasteiger partial charge in [0.2, 0.25) is 0 Å². The smallest absolute Gasteiger partial charge is 0.263 e. The van der Waals surface area contributed by atoms with Crippen LogP contribution in [-0.4, -0.2) is 30.5 Å². The summed E-state index contributed by atoms with van der Waals surface area (Å²) in [4.78, 5) is 20.5. The molecule has 1 aromatic carbocycles. The number of carbonyl (C=O) groups is 1. The Kier molecular flexibility index (Phi) is 6.01. The van der Waals surface area contributed by atoms with E-state index in [2.05, 4.69) is 27.3 Å². The molecule has 1 aliphatic heterocycles. The standard InChI is InChI=1S/C22H26ClN5OS/c1-13-11-17(24)27-22-18(13)19(25)20(30-22)21(29)26-8-7-14-5-6-16(15(23)12-14)28-9-3-2-4-10-28/h5-6,11-12H,2-4,7-10,25H2,1H3,(H2,24,27)(H,26,29). The summed E-state index contributed by atoms with van der Waals surface area (Å²) in [6.07, 6.45) is 4.42. The van der Waals surface area contributed by atoms with Crippen molar-refractivity contribution >= 4 is 56.3 Å². The summed E-state index contributed by atoms with van der Waals surface area (Å²) >= 11 is 7.80. The lowest BCUT2D eigenvalue weighted by molar-refractivity contribution is 0.0959. The van der Waals surface area contributed by atoms with Gasteiger partial charge in [0.05, 0.1) is 16.4 Å². The van der Waals surface area contributed by atoms with Crippen molar-refractivity contribution in [2.45, 2.75) is 32.6 Å². The molecule has 0 spiro atoms. The number of hydrogen-bond donors (Lipinski definition) is 3. The molecule has 0 unspecified atom stereocenters. The number of carbonyl (C=O) groups excluding carboxylic acids is 1. The van der Waals surface area contributed by atoms with Gasteiger partial charge in [-0.1, -0.05) is 17.7 Å². The highest BCUT2D eigenvalue weighted by Gasteiger charge is 2.19. The third-order valence-corrected chi connectivity index (χ3v) is 6.93. The largest absolute Gasteiger partial charge is 0.397 e. The molecule has 2 aromatic heterocycles. The zero-order chi connectivity index (χ0) is 21.3. The number of aryl methyl sites for hydroxylation is 1. The molecule has 30 heavy (non-hydrogen) atoms. The van der Waals surface area contributed by atoms with Crippen molar-refractivity contribution in [3.8, 4) is 0 Å². The molecule has 1 saturated heterocycles. The van der Waals surface area contributed by atoms with Crippen LogP contribution in [0.15, 0.2) is 24.3 Å². The number of benzene rings is 1. The van der Waals surface area contributed by atoms with Gasteiger partial charge >= 0.3 is 0 Å². The first-order valence-corrected chi connectivity index (χ1v) is 11.4. The number of amides is 1. The van der Waals surface area contributed by atoms with Gasteiger partial charge in [0.1, 0.15) is 15.5 Å². The Hall–Kier alpha value is -2.51. The zero-order valence-corrected chi connectivity index (χ0v) is 18.6. The highest BCUT2D eigenvalue weighted by Crippen LogP contribution is 2.35. The van der Waals surface area contributed by atoms with E-state index in [1.807, 2.05) is 13.0 Å². The first-order chi connectivity index (χ1) is 14.4. The van der Waals surface area contributed by atoms with Gasteiger partial charge < -0.3 is 21.7 Å². The number of aromatic nitrogens is 1. The summed E-state index contributed by atoms with van der Waals surface area (Å²) in [5.74, 6) is 0.239. The van der Waals surface area contributed by atoms with Crippen molar-refractivity contribution in [3.63, 3.8) is 0 Å². The molecular formula is C22H26ClN5OS. The highest BCUT2D eigenvalue weighted by atomic mass is 35.5. The van der Waals surface area contributed by atoms with Crippen molar-refractivity contribution in [1.82, 2.24) is 10.3 Å². The molecule has 5 N–H and O–H groups in total. The van der Waals surface area contributed by atoms with Crippen LogP contribution in [0.25, 0.3) is 10.2 Å². The maximum atomic E-state index is 12.7. The number of hydrogen-bond acceptors (Lipinski definition) is 6. The van der Waals surface area contributed by atoms with Crippen LogP contribution >= 0.6 is 22.9 Å². The number of nitrogens with two attached hydrogens (primary N) is 2. The summed E-state index contributed by atoms with van der Waals surface area (Å²) < 4.78 is 0. The van der Waals surface area contributed by atoms with E-state index in [-0.39, 0.29) is 5.91 Å². The van der Waals surface area contributed by atoms with Gasteiger partial charge in [-0.2, -0.15) is 0 Å². The lowest BCUT2D eigenvalue weighted by Crippen LogP contribution is -2.29. The van der Waals surface area contributed by atoms with E-state index in [9.17, 15) is 4.79 Å². The molecule has 4 rings (SSSR count). The number of nitrogens with one attached hydrogen (secondary N) is 1.